The Bertz CT molecular complexity index is 820. The summed E-state index contributed by atoms with van der Waals surface area (Å²) in [6.45, 7) is 6.52. The lowest BCUT2D eigenvalue weighted by Crippen LogP contribution is -2.48. The van der Waals surface area contributed by atoms with Crippen molar-refractivity contribution >= 4 is 5.82 Å². The lowest BCUT2D eigenvalue weighted by atomic mass is 9.74. The van der Waals surface area contributed by atoms with Gasteiger partial charge in [-0.05, 0) is 31.2 Å². The zero-order chi connectivity index (χ0) is 16.6. The van der Waals surface area contributed by atoms with Gasteiger partial charge in [0.25, 0.3) is 5.56 Å². The fourth-order valence-electron chi connectivity index (χ4n) is 3.56. The van der Waals surface area contributed by atoms with E-state index in [0.717, 1.165) is 6.42 Å². The molecule has 5 nitrogen and oxygen atoms in total. The molecular weight excluding hydrogens is 290 g/mol. The summed E-state index contributed by atoms with van der Waals surface area (Å²) in [6.07, 6.45) is 1.48. The summed E-state index contributed by atoms with van der Waals surface area (Å²) < 4.78 is 1.26. The Morgan fingerprint density at radius 1 is 1.22 bits per heavy atom. The standard InChI is InChI=1S/C18H23N3O2/c1-4-21-16(22)14-10-11-18(12(2)3,13-8-6-5-7-9-13)20-15(14)19-17(21)23/h5-9,12,20H,4,10-11H2,1-3H3,(H,19,23)/t18-/m0/s1. The van der Waals surface area contributed by atoms with E-state index in [4.69, 9.17) is 0 Å². The number of aromatic nitrogens is 2. The van der Waals surface area contributed by atoms with E-state index in [2.05, 4.69) is 36.3 Å². The van der Waals surface area contributed by atoms with Gasteiger partial charge in [0.15, 0.2) is 0 Å². The van der Waals surface area contributed by atoms with Crippen LogP contribution in [0.4, 0.5) is 5.82 Å². The van der Waals surface area contributed by atoms with E-state index < -0.39 is 0 Å². The highest BCUT2D eigenvalue weighted by Gasteiger charge is 2.39. The molecule has 3 rings (SSSR count). The van der Waals surface area contributed by atoms with Crippen LogP contribution >= 0.6 is 0 Å². The lowest BCUT2D eigenvalue weighted by Gasteiger charge is -2.43. The number of hydrogen-bond acceptors (Lipinski definition) is 3. The van der Waals surface area contributed by atoms with Gasteiger partial charge in [0, 0.05) is 6.54 Å². The van der Waals surface area contributed by atoms with E-state index in [0.29, 0.717) is 30.3 Å². The molecule has 0 unspecified atom stereocenters. The van der Waals surface area contributed by atoms with Crippen molar-refractivity contribution in [2.75, 3.05) is 5.32 Å². The van der Waals surface area contributed by atoms with Crippen LogP contribution in [0.2, 0.25) is 0 Å². The van der Waals surface area contributed by atoms with Crippen molar-refractivity contribution in [3.05, 3.63) is 62.3 Å². The Morgan fingerprint density at radius 3 is 2.52 bits per heavy atom. The van der Waals surface area contributed by atoms with Gasteiger partial charge in [-0.25, -0.2) is 4.79 Å². The van der Waals surface area contributed by atoms with Gasteiger partial charge in [-0.15, -0.1) is 0 Å². The maximum Gasteiger partial charge on any atom is 0.329 e. The number of nitrogens with zero attached hydrogens (tertiary/aromatic N) is 1. The van der Waals surface area contributed by atoms with E-state index in [1.54, 1.807) is 0 Å². The van der Waals surface area contributed by atoms with E-state index in [1.165, 1.54) is 10.1 Å². The predicted molar refractivity (Wildman–Crippen MR) is 91.9 cm³/mol. The molecule has 1 atom stereocenters. The lowest BCUT2D eigenvalue weighted by molar-refractivity contribution is 0.314. The minimum atomic E-state index is -0.351. The van der Waals surface area contributed by atoms with Gasteiger partial charge >= 0.3 is 5.69 Å². The number of fused-ring (bicyclic) bond motifs is 1. The topological polar surface area (TPSA) is 66.9 Å². The first-order valence-electron chi connectivity index (χ1n) is 8.19. The number of hydrogen-bond donors (Lipinski definition) is 2. The van der Waals surface area contributed by atoms with Crippen LogP contribution in [0.5, 0.6) is 0 Å². The van der Waals surface area contributed by atoms with Crippen LogP contribution in [0, 0.1) is 5.92 Å². The van der Waals surface area contributed by atoms with Gasteiger partial charge in [-0.3, -0.25) is 14.3 Å². The Kier molecular flexibility index (Phi) is 3.88. The first-order valence-corrected chi connectivity index (χ1v) is 8.19. The second-order valence-corrected chi connectivity index (χ2v) is 6.45. The third-order valence-corrected chi connectivity index (χ3v) is 4.99. The molecule has 1 aromatic heterocycles. The van der Waals surface area contributed by atoms with Gasteiger partial charge in [-0.1, -0.05) is 44.2 Å². The molecule has 0 saturated carbocycles. The molecule has 0 fully saturated rings. The molecule has 2 N–H and O–H groups in total. The van der Waals surface area contributed by atoms with E-state index in [1.807, 2.05) is 25.1 Å². The molecule has 0 spiro atoms. The molecule has 1 aliphatic heterocycles. The molecule has 0 radical (unpaired) electrons. The van der Waals surface area contributed by atoms with Crippen molar-refractivity contribution < 1.29 is 0 Å². The highest BCUT2D eigenvalue weighted by Crippen LogP contribution is 2.40. The summed E-state index contributed by atoms with van der Waals surface area (Å²) in [7, 11) is 0. The summed E-state index contributed by atoms with van der Waals surface area (Å²) in [6, 6.07) is 10.2. The Morgan fingerprint density at radius 2 is 1.91 bits per heavy atom. The highest BCUT2D eigenvalue weighted by molar-refractivity contribution is 5.51. The molecule has 1 aliphatic rings. The van der Waals surface area contributed by atoms with E-state index in [9.17, 15) is 9.59 Å². The molecule has 0 aliphatic carbocycles. The third kappa shape index (κ3) is 2.40. The van der Waals surface area contributed by atoms with Crippen molar-refractivity contribution in [1.29, 1.82) is 0 Å². The highest BCUT2D eigenvalue weighted by atomic mass is 16.2. The second kappa shape index (κ2) is 5.72. The second-order valence-electron chi connectivity index (χ2n) is 6.45. The molecule has 23 heavy (non-hydrogen) atoms. The average Bonchev–Trinajstić information content (AvgIpc) is 2.55. The third-order valence-electron chi connectivity index (χ3n) is 4.99. The van der Waals surface area contributed by atoms with Gasteiger partial charge in [0.05, 0.1) is 11.1 Å². The summed E-state index contributed by atoms with van der Waals surface area (Å²) in [5.41, 5.74) is 1.06. The normalized spacial score (nSPS) is 20.2. The molecule has 1 aromatic carbocycles. The molecule has 0 bridgehead atoms. The van der Waals surface area contributed by atoms with Crippen molar-refractivity contribution in [3.8, 4) is 0 Å². The fourth-order valence-corrected chi connectivity index (χ4v) is 3.56. The van der Waals surface area contributed by atoms with Gasteiger partial charge in [0.2, 0.25) is 0 Å². The van der Waals surface area contributed by atoms with Crippen LogP contribution in [0.3, 0.4) is 0 Å². The Hall–Kier alpha value is -2.30. The SMILES string of the molecule is CCn1c(=O)[nH]c2c(c1=O)CC[C@@](c1ccccc1)(C(C)C)N2. The smallest absolute Gasteiger partial charge is 0.329 e. The average molecular weight is 313 g/mol. The summed E-state index contributed by atoms with van der Waals surface area (Å²) >= 11 is 0. The number of rotatable bonds is 3. The van der Waals surface area contributed by atoms with Gasteiger partial charge < -0.3 is 5.32 Å². The van der Waals surface area contributed by atoms with E-state index in [-0.39, 0.29) is 16.8 Å². The first kappa shape index (κ1) is 15.6. The number of aromatic amines is 1. The van der Waals surface area contributed by atoms with Gasteiger partial charge in [-0.2, -0.15) is 0 Å². The van der Waals surface area contributed by atoms with Crippen LogP contribution in [0.15, 0.2) is 39.9 Å². The largest absolute Gasteiger partial charge is 0.361 e. The maximum absolute atomic E-state index is 12.5. The van der Waals surface area contributed by atoms with Crippen molar-refractivity contribution in [2.24, 2.45) is 5.92 Å². The number of H-pyrrole nitrogens is 1. The predicted octanol–water partition coefficient (Wildman–Crippen LogP) is 2.47. The molecule has 0 saturated heterocycles. The Labute approximate surface area is 135 Å². The van der Waals surface area contributed by atoms with Crippen molar-refractivity contribution in [1.82, 2.24) is 9.55 Å². The minimum absolute atomic E-state index is 0.177. The molecule has 122 valence electrons. The summed E-state index contributed by atoms with van der Waals surface area (Å²) in [4.78, 5) is 27.5. The molecule has 0 amide bonds. The maximum atomic E-state index is 12.5. The molecule has 2 aromatic rings. The molecular formula is C18H23N3O2. The zero-order valence-electron chi connectivity index (χ0n) is 13.8. The minimum Gasteiger partial charge on any atom is -0.361 e. The van der Waals surface area contributed by atoms with Crippen LogP contribution < -0.4 is 16.6 Å². The zero-order valence-corrected chi connectivity index (χ0v) is 13.8. The van der Waals surface area contributed by atoms with Crippen LogP contribution in [0.1, 0.15) is 38.3 Å². The molecule has 2 heterocycles. The van der Waals surface area contributed by atoms with Crippen molar-refractivity contribution in [2.45, 2.75) is 45.7 Å². The van der Waals surface area contributed by atoms with Crippen LogP contribution in [0.25, 0.3) is 0 Å². The van der Waals surface area contributed by atoms with Crippen molar-refractivity contribution in [3.63, 3.8) is 0 Å². The van der Waals surface area contributed by atoms with Gasteiger partial charge in [0.1, 0.15) is 5.82 Å². The van der Waals surface area contributed by atoms with Crippen LogP contribution in [-0.4, -0.2) is 9.55 Å². The monoisotopic (exact) mass is 313 g/mol. The van der Waals surface area contributed by atoms with E-state index >= 15 is 0 Å². The van der Waals surface area contributed by atoms with Crippen LogP contribution in [-0.2, 0) is 18.5 Å². The number of anilines is 1. The number of nitrogens with one attached hydrogen (secondary N) is 2. The number of benzene rings is 1. The molecule has 5 heteroatoms. The summed E-state index contributed by atoms with van der Waals surface area (Å²) in [5, 5.41) is 3.49. The summed E-state index contributed by atoms with van der Waals surface area (Å²) in [5.74, 6) is 0.892. The quantitative estimate of drug-likeness (QED) is 0.915. The fraction of sp³-hybridized carbons (Fsp3) is 0.444. The Balaban J connectivity index is 2.15. The first-order chi connectivity index (χ1) is 11.0.